The topological polar surface area (TPSA) is 20.2 Å². The summed E-state index contributed by atoms with van der Waals surface area (Å²) in [6, 6.07) is 7.70. The lowest BCUT2D eigenvalue weighted by Gasteiger charge is -2.32. The predicted octanol–water partition coefficient (Wildman–Crippen LogP) is 4.64. The second kappa shape index (κ2) is 5.57. The van der Waals surface area contributed by atoms with Gasteiger partial charge in [-0.25, -0.2) is 0 Å². The summed E-state index contributed by atoms with van der Waals surface area (Å²) in [5.41, 5.74) is 1.36. The van der Waals surface area contributed by atoms with E-state index in [1.807, 2.05) is 18.2 Å². The van der Waals surface area contributed by atoms with E-state index in [4.69, 9.17) is 0 Å². The van der Waals surface area contributed by atoms with Crippen LogP contribution in [-0.2, 0) is 6.42 Å². The summed E-state index contributed by atoms with van der Waals surface area (Å²) in [5.74, 6) is 1.74. The highest BCUT2D eigenvalue weighted by Crippen LogP contribution is 2.35. The molecule has 0 spiro atoms. The summed E-state index contributed by atoms with van der Waals surface area (Å²) in [6.07, 6.45) is 2.17. The van der Waals surface area contributed by atoms with E-state index >= 15 is 0 Å². The van der Waals surface area contributed by atoms with Gasteiger partial charge in [0.05, 0.1) is 0 Å². The van der Waals surface area contributed by atoms with Crippen LogP contribution in [0.25, 0.3) is 0 Å². The van der Waals surface area contributed by atoms with E-state index in [2.05, 4.69) is 34.6 Å². The maximum Gasteiger partial charge on any atom is 0.118 e. The van der Waals surface area contributed by atoms with Crippen molar-refractivity contribution in [1.82, 2.24) is 0 Å². The van der Waals surface area contributed by atoms with Gasteiger partial charge in [-0.2, -0.15) is 0 Å². The third-order valence-electron chi connectivity index (χ3n) is 3.44. The van der Waals surface area contributed by atoms with Gasteiger partial charge in [0.1, 0.15) is 5.75 Å². The van der Waals surface area contributed by atoms with Gasteiger partial charge in [0.15, 0.2) is 0 Å². The maximum absolute atomic E-state index is 9.86. The minimum absolute atomic E-state index is 0.284. The van der Waals surface area contributed by atoms with Crippen LogP contribution in [0.3, 0.4) is 0 Å². The molecule has 0 aliphatic heterocycles. The van der Waals surface area contributed by atoms with Gasteiger partial charge in [0.2, 0.25) is 0 Å². The van der Waals surface area contributed by atoms with Crippen molar-refractivity contribution in [3.63, 3.8) is 0 Å². The Bertz CT molecular complexity index is 347. The Labute approximate surface area is 106 Å². The molecule has 0 saturated heterocycles. The number of rotatable bonds is 4. The van der Waals surface area contributed by atoms with Gasteiger partial charge in [0.25, 0.3) is 0 Å². The molecule has 1 heteroatoms. The van der Waals surface area contributed by atoms with Crippen molar-refractivity contribution in [2.45, 2.75) is 47.5 Å². The van der Waals surface area contributed by atoms with Crippen molar-refractivity contribution in [3.8, 4) is 5.75 Å². The molecular weight excluding hydrogens is 208 g/mol. The molecule has 17 heavy (non-hydrogen) atoms. The molecule has 1 nitrogen and oxygen atoms in total. The molecule has 0 radical (unpaired) electrons. The Morgan fingerprint density at radius 2 is 1.71 bits per heavy atom. The summed E-state index contributed by atoms with van der Waals surface area (Å²) >= 11 is 0. The smallest absolute Gasteiger partial charge is 0.118 e. The van der Waals surface area contributed by atoms with Gasteiger partial charge < -0.3 is 5.11 Å². The highest BCUT2D eigenvalue weighted by atomic mass is 16.3. The number of aromatic hydroxyl groups is 1. The van der Waals surface area contributed by atoms with Crippen LogP contribution in [0.15, 0.2) is 24.3 Å². The monoisotopic (exact) mass is 234 g/mol. The molecular formula is C16H26O. The zero-order valence-electron chi connectivity index (χ0n) is 11.8. The zero-order chi connectivity index (χ0) is 13.1. The van der Waals surface area contributed by atoms with Crippen molar-refractivity contribution >= 4 is 0 Å². The molecule has 1 rings (SSSR count). The van der Waals surface area contributed by atoms with Gasteiger partial charge in [-0.15, -0.1) is 0 Å². The number of phenols is 1. The molecule has 1 atom stereocenters. The van der Waals surface area contributed by atoms with Gasteiger partial charge in [-0.3, -0.25) is 0 Å². The Morgan fingerprint density at radius 1 is 1.12 bits per heavy atom. The van der Waals surface area contributed by atoms with Gasteiger partial charge >= 0.3 is 0 Å². The normalized spacial score (nSPS) is 14.0. The molecule has 0 aromatic heterocycles. The minimum atomic E-state index is 0.284. The lowest BCUT2D eigenvalue weighted by Crippen LogP contribution is -2.24. The van der Waals surface area contributed by atoms with Crippen molar-refractivity contribution < 1.29 is 5.11 Å². The molecule has 0 fully saturated rings. The van der Waals surface area contributed by atoms with Crippen LogP contribution in [0, 0.1) is 17.3 Å². The first kappa shape index (κ1) is 14.1. The van der Waals surface area contributed by atoms with Crippen LogP contribution in [0.4, 0.5) is 0 Å². The summed E-state index contributed by atoms with van der Waals surface area (Å²) in [7, 11) is 0. The number of hydrogen-bond acceptors (Lipinski definition) is 1. The molecule has 1 N–H and O–H groups in total. The highest BCUT2D eigenvalue weighted by molar-refractivity contribution is 5.32. The molecule has 1 aromatic carbocycles. The Morgan fingerprint density at radius 3 is 2.18 bits per heavy atom. The maximum atomic E-state index is 9.86. The molecule has 1 aromatic rings. The van der Waals surface area contributed by atoms with Crippen LogP contribution in [0.2, 0.25) is 0 Å². The van der Waals surface area contributed by atoms with E-state index in [0.717, 1.165) is 12.0 Å². The van der Waals surface area contributed by atoms with Crippen molar-refractivity contribution in [2.75, 3.05) is 0 Å². The lowest BCUT2D eigenvalue weighted by molar-refractivity contribution is 0.201. The van der Waals surface area contributed by atoms with E-state index in [1.54, 1.807) is 6.07 Å². The minimum Gasteiger partial charge on any atom is -0.508 e. The zero-order valence-corrected chi connectivity index (χ0v) is 11.8. The fourth-order valence-electron chi connectivity index (χ4n) is 2.26. The summed E-state index contributed by atoms with van der Waals surface area (Å²) in [5, 5.41) is 9.86. The Kier molecular flexibility index (Phi) is 4.62. The SMILES string of the molecule is CC(C)CC(Cc1ccccc1O)C(C)(C)C. The summed E-state index contributed by atoms with van der Waals surface area (Å²) in [6.45, 7) is 11.4. The lowest BCUT2D eigenvalue weighted by atomic mass is 9.73. The van der Waals surface area contributed by atoms with E-state index < -0.39 is 0 Å². The molecule has 1 unspecified atom stereocenters. The average molecular weight is 234 g/mol. The van der Waals surface area contributed by atoms with E-state index in [-0.39, 0.29) is 5.41 Å². The summed E-state index contributed by atoms with van der Waals surface area (Å²) in [4.78, 5) is 0. The van der Waals surface area contributed by atoms with Gasteiger partial charge in [0, 0.05) is 0 Å². The molecule has 0 heterocycles. The van der Waals surface area contributed by atoms with Crippen molar-refractivity contribution in [1.29, 1.82) is 0 Å². The molecule has 0 amide bonds. The number of phenolic OH excluding ortho intramolecular Hbond substituents is 1. The summed E-state index contributed by atoms with van der Waals surface area (Å²) < 4.78 is 0. The Balaban J connectivity index is 2.83. The van der Waals surface area contributed by atoms with E-state index in [9.17, 15) is 5.11 Å². The van der Waals surface area contributed by atoms with Crippen molar-refractivity contribution in [2.24, 2.45) is 17.3 Å². The fourth-order valence-corrected chi connectivity index (χ4v) is 2.26. The van der Waals surface area contributed by atoms with E-state index in [0.29, 0.717) is 17.6 Å². The first-order chi connectivity index (χ1) is 7.80. The van der Waals surface area contributed by atoms with Crippen LogP contribution >= 0.6 is 0 Å². The van der Waals surface area contributed by atoms with Crippen LogP contribution in [-0.4, -0.2) is 5.11 Å². The van der Waals surface area contributed by atoms with Gasteiger partial charge in [-0.05, 0) is 41.7 Å². The Hall–Kier alpha value is -0.980. The van der Waals surface area contributed by atoms with E-state index in [1.165, 1.54) is 6.42 Å². The van der Waals surface area contributed by atoms with Crippen LogP contribution in [0.5, 0.6) is 5.75 Å². The number of benzene rings is 1. The number of para-hydroxylation sites is 1. The third-order valence-corrected chi connectivity index (χ3v) is 3.44. The molecule has 0 bridgehead atoms. The second-order valence-electron chi connectivity index (χ2n) is 6.53. The van der Waals surface area contributed by atoms with Gasteiger partial charge in [-0.1, -0.05) is 52.8 Å². The molecule has 0 aliphatic rings. The quantitative estimate of drug-likeness (QED) is 0.804. The molecule has 0 aliphatic carbocycles. The first-order valence-electron chi connectivity index (χ1n) is 6.57. The average Bonchev–Trinajstić information content (AvgIpc) is 2.18. The standard InChI is InChI=1S/C16H26O/c1-12(2)10-14(16(3,4)5)11-13-8-6-7-9-15(13)17/h6-9,12,14,17H,10-11H2,1-5H3. The van der Waals surface area contributed by atoms with Crippen molar-refractivity contribution in [3.05, 3.63) is 29.8 Å². The second-order valence-corrected chi connectivity index (χ2v) is 6.53. The highest BCUT2D eigenvalue weighted by Gasteiger charge is 2.26. The van der Waals surface area contributed by atoms with Crippen LogP contribution in [0.1, 0.15) is 46.6 Å². The fraction of sp³-hybridized carbons (Fsp3) is 0.625. The number of hydrogen-bond donors (Lipinski definition) is 1. The predicted molar refractivity (Wildman–Crippen MR) is 74.2 cm³/mol. The largest absolute Gasteiger partial charge is 0.508 e. The third kappa shape index (κ3) is 4.41. The molecule has 96 valence electrons. The van der Waals surface area contributed by atoms with Crippen LogP contribution < -0.4 is 0 Å². The first-order valence-corrected chi connectivity index (χ1v) is 6.57. The molecule has 0 saturated carbocycles.